The Hall–Kier alpha value is -4.30. The maximum absolute atomic E-state index is 14.1. The molecule has 0 spiro atoms. The number of benzene rings is 3. The van der Waals surface area contributed by atoms with Crippen molar-refractivity contribution in [2.45, 2.75) is 6.92 Å². The fraction of sp³-hybridized carbons (Fsp3) is 0.0400. The first-order chi connectivity index (χ1) is 16.3. The zero-order chi connectivity index (χ0) is 24.4. The number of ketones is 1. The van der Waals surface area contributed by atoms with Crippen LogP contribution in [0.1, 0.15) is 27.6 Å². The van der Waals surface area contributed by atoms with Crippen LogP contribution in [-0.4, -0.2) is 23.5 Å². The van der Waals surface area contributed by atoms with E-state index in [-0.39, 0.29) is 22.2 Å². The lowest BCUT2D eigenvalue weighted by Crippen LogP contribution is -2.33. The summed E-state index contributed by atoms with van der Waals surface area (Å²) in [4.78, 5) is 50.0. The second-order valence-corrected chi connectivity index (χ2v) is 7.76. The summed E-state index contributed by atoms with van der Waals surface area (Å²) in [5.41, 5.74) is 1.25. The fourth-order valence-electron chi connectivity index (χ4n) is 3.33. The molecule has 4 rings (SSSR count). The first-order valence-corrected chi connectivity index (χ1v) is 10.5. The minimum Gasteiger partial charge on any atom is -0.350 e. The number of imide groups is 1. The van der Waals surface area contributed by atoms with Crippen LogP contribution in [0, 0.1) is 5.82 Å². The van der Waals surface area contributed by atoms with E-state index >= 15 is 0 Å². The lowest BCUT2D eigenvalue weighted by molar-refractivity contribution is -0.120. The molecule has 9 heteroatoms. The van der Waals surface area contributed by atoms with Crippen molar-refractivity contribution >= 4 is 52.2 Å². The van der Waals surface area contributed by atoms with E-state index < -0.39 is 23.5 Å². The van der Waals surface area contributed by atoms with E-state index in [0.29, 0.717) is 27.4 Å². The van der Waals surface area contributed by atoms with Gasteiger partial charge in [0.15, 0.2) is 5.78 Å². The van der Waals surface area contributed by atoms with Crippen LogP contribution in [0.4, 0.5) is 21.5 Å². The Morgan fingerprint density at radius 2 is 1.56 bits per heavy atom. The van der Waals surface area contributed by atoms with Crippen LogP contribution in [0.5, 0.6) is 0 Å². The van der Waals surface area contributed by atoms with Gasteiger partial charge < -0.3 is 10.6 Å². The quantitative estimate of drug-likeness (QED) is 0.396. The van der Waals surface area contributed by atoms with Crippen LogP contribution < -0.4 is 15.5 Å². The van der Waals surface area contributed by atoms with Crippen LogP contribution in [0.15, 0.2) is 83.5 Å². The van der Waals surface area contributed by atoms with Gasteiger partial charge in [0.2, 0.25) is 0 Å². The number of rotatable bonds is 6. The third-order valence-electron chi connectivity index (χ3n) is 5.06. The van der Waals surface area contributed by atoms with Gasteiger partial charge in [-0.05, 0) is 55.5 Å². The molecular weight excluding hydrogens is 461 g/mol. The molecule has 3 aromatic rings. The number of hydrogen-bond donors (Lipinski definition) is 2. The molecule has 3 amide bonds. The van der Waals surface area contributed by atoms with Crippen molar-refractivity contribution in [1.29, 1.82) is 0 Å². The standard InChI is InChI=1S/C25H17ClFN3O4/c1-14(31)16-5-4-6-18(13-16)29-23(32)15-9-11-17(12-10-15)28-22-21(26)24(33)30(25(22)34)20-8-3-2-7-19(20)27/h2-13,28H,1H3,(H,29,32). The summed E-state index contributed by atoms with van der Waals surface area (Å²) < 4.78 is 14.1. The second-order valence-electron chi connectivity index (χ2n) is 7.38. The van der Waals surface area contributed by atoms with Crippen LogP contribution in [0.3, 0.4) is 0 Å². The predicted molar refractivity (Wildman–Crippen MR) is 126 cm³/mol. The zero-order valence-corrected chi connectivity index (χ0v) is 18.5. The number of Topliss-reactive ketones (excluding diaryl/α,β-unsaturated/α-hetero) is 1. The van der Waals surface area contributed by atoms with Crippen molar-refractivity contribution in [1.82, 2.24) is 0 Å². The Bertz CT molecular complexity index is 1370. The van der Waals surface area contributed by atoms with Gasteiger partial charge in [-0.2, -0.15) is 0 Å². The minimum absolute atomic E-state index is 0.118. The predicted octanol–water partition coefficient (Wildman–Crippen LogP) is 4.72. The van der Waals surface area contributed by atoms with Crippen molar-refractivity contribution in [2.75, 3.05) is 15.5 Å². The van der Waals surface area contributed by atoms with Crippen molar-refractivity contribution in [3.05, 3.63) is 100 Å². The third kappa shape index (κ3) is 4.44. The molecule has 0 radical (unpaired) electrons. The Morgan fingerprint density at radius 1 is 0.853 bits per heavy atom. The van der Waals surface area contributed by atoms with Crippen molar-refractivity contribution < 1.29 is 23.6 Å². The first kappa shape index (κ1) is 22.9. The summed E-state index contributed by atoms with van der Waals surface area (Å²) in [6.07, 6.45) is 0. The molecule has 1 aliphatic rings. The molecule has 170 valence electrons. The van der Waals surface area contributed by atoms with Gasteiger partial charge in [0, 0.05) is 22.5 Å². The van der Waals surface area contributed by atoms with Gasteiger partial charge >= 0.3 is 0 Å². The van der Waals surface area contributed by atoms with Crippen LogP contribution in [0.2, 0.25) is 0 Å². The summed E-state index contributed by atoms with van der Waals surface area (Å²) in [5.74, 6) is -2.90. The number of amides is 3. The molecule has 1 heterocycles. The molecular formula is C25H17ClFN3O4. The molecule has 0 saturated heterocycles. The highest BCUT2D eigenvalue weighted by Crippen LogP contribution is 2.31. The number of carbonyl (C=O) groups excluding carboxylic acids is 4. The van der Waals surface area contributed by atoms with Gasteiger partial charge in [-0.25, -0.2) is 9.29 Å². The third-order valence-corrected chi connectivity index (χ3v) is 5.41. The molecule has 7 nitrogen and oxygen atoms in total. The SMILES string of the molecule is CC(=O)c1cccc(NC(=O)c2ccc(NC3=C(Cl)C(=O)N(c4ccccc4F)C3=O)cc2)c1. The highest BCUT2D eigenvalue weighted by atomic mass is 35.5. The molecule has 0 atom stereocenters. The summed E-state index contributed by atoms with van der Waals surface area (Å²) in [5, 5.41) is 5.11. The number of carbonyl (C=O) groups is 4. The molecule has 0 unspecified atom stereocenters. The monoisotopic (exact) mass is 477 g/mol. The molecule has 0 saturated carbocycles. The van der Waals surface area contributed by atoms with E-state index in [0.717, 1.165) is 6.07 Å². The molecule has 2 N–H and O–H groups in total. The number of hydrogen-bond acceptors (Lipinski definition) is 5. The van der Waals surface area contributed by atoms with Gasteiger partial charge in [0.1, 0.15) is 16.5 Å². The van der Waals surface area contributed by atoms with Crippen molar-refractivity contribution in [2.24, 2.45) is 0 Å². The number of halogens is 2. The highest BCUT2D eigenvalue weighted by molar-refractivity contribution is 6.53. The molecule has 1 aliphatic heterocycles. The van der Waals surface area contributed by atoms with Crippen LogP contribution >= 0.6 is 11.6 Å². The van der Waals surface area contributed by atoms with E-state index in [2.05, 4.69) is 10.6 Å². The van der Waals surface area contributed by atoms with Crippen LogP contribution in [-0.2, 0) is 9.59 Å². The molecule has 3 aromatic carbocycles. The van der Waals surface area contributed by atoms with Crippen LogP contribution in [0.25, 0.3) is 0 Å². The number of nitrogens with one attached hydrogen (secondary N) is 2. The summed E-state index contributed by atoms with van der Waals surface area (Å²) >= 11 is 6.07. The Labute approximate surface area is 198 Å². The van der Waals surface area contributed by atoms with E-state index in [1.807, 2.05) is 0 Å². The van der Waals surface area contributed by atoms with Gasteiger partial charge in [0.25, 0.3) is 17.7 Å². The average Bonchev–Trinajstić information content (AvgIpc) is 3.03. The smallest absolute Gasteiger partial charge is 0.283 e. The molecule has 0 aliphatic carbocycles. The first-order valence-electron chi connectivity index (χ1n) is 10.1. The highest BCUT2D eigenvalue weighted by Gasteiger charge is 2.40. The second kappa shape index (κ2) is 9.29. The Morgan fingerprint density at radius 3 is 2.24 bits per heavy atom. The molecule has 34 heavy (non-hydrogen) atoms. The average molecular weight is 478 g/mol. The lowest BCUT2D eigenvalue weighted by Gasteiger charge is -2.15. The summed E-state index contributed by atoms with van der Waals surface area (Å²) in [6, 6.07) is 18.0. The van der Waals surface area contributed by atoms with Crippen molar-refractivity contribution in [3.63, 3.8) is 0 Å². The van der Waals surface area contributed by atoms with E-state index in [1.165, 1.54) is 49.4 Å². The maximum atomic E-state index is 14.1. The zero-order valence-electron chi connectivity index (χ0n) is 17.8. The molecule has 0 fully saturated rings. The molecule has 0 bridgehead atoms. The normalized spacial score (nSPS) is 13.3. The molecule has 0 aromatic heterocycles. The summed E-state index contributed by atoms with van der Waals surface area (Å²) in [6.45, 7) is 1.44. The lowest BCUT2D eigenvalue weighted by atomic mass is 10.1. The minimum atomic E-state index is -0.844. The van der Waals surface area contributed by atoms with Gasteiger partial charge in [-0.1, -0.05) is 35.9 Å². The summed E-state index contributed by atoms with van der Waals surface area (Å²) in [7, 11) is 0. The maximum Gasteiger partial charge on any atom is 0.283 e. The van der Waals surface area contributed by atoms with Gasteiger partial charge in [-0.15, -0.1) is 0 Å². The van der Waals surface area contributed by atoms with E-state index in [4.69, 9.17) is 11.6 Å². The number of anilines is 3. The fourth-order valence-corrected chi connectivity index (χ4v) is 3.54. The van der Waals surface area contributed by atoms with E-state index in [1.54, 1.807) is 24.3 Å². The largest absolute Gasteiger partial charge is 0.350 e. The topological polar surface area (TPSA) is 95.6 Å². The Kier molecular flexibility index (Phi) is 6.25. The van der Waals surface area contributed by atoms with Gasteiger partial charge in [0.05, 0.1) is 5.69 Å². The van der Waals surface area contributed by atoms with E-state index in [9.17, 15) is 23.6 Å². The Balaban J connectivity index is 1.48. The van der Waals surface area contributed by atoms with Crippen molar-refractivity contribution in [3.8, 4) is 0 Å². The number of nitrogens with zero attached hydrogens (tertiary/aromatic N) is 1. The number of para-hydroxylation sites is 1. The van der Waals surface area contributed by atoms with Gasteiger partial charge in [-0.3, -0.25) is 19.2 Å².